The molecule has 0 spiro atoms. The quantitative estimate of drug-likeness (QED) is 0.870. The highest BCUT2D eigenvalue weighted by molar-refractivity contribution is 5.34. The molecule has 2 nitrogen and oxygen atoms in total. The zero-order chi connectivity index (χ0) is 13.8. The summed E-state index contributed by atoms with van der Waals surface area (Å²) < 4.78 is 5.92. The molecule has 0 saturated carbocycles. The molecular formula is C17H23NO. The maximum absolute atomic E-state index is 5.92. The third kappa shape index (κ3) is 3.27. The smallest absolute Gasteiger partial charge is 0.125 e. The van der Waals surface area contributed by atoms with Crippen molar-refractivity contribution >= 4 is 0 Å². The van der Waals surface area contributed by atoms with E-state index in [1.54, 1.807) is 0 Å². The van der Waals surface area contributed by atoms with Gasteiger partial charge in [-0.25, -0.2) is 0 Å². The summed E-state index contributed by atoms with van der Waals surface area (Å²) in [7, 11) is 0. The Morgan fingerprint density at radius 3 is 2.26 bits per heavy atom. The molecule has 1 aromatic heterocycles. The van der Waals surface area contributed by atoms with Crippen LogP contribution in [0.15, 0.2) is 34.7 Å². The molecule has 2 heteroatoms. The lowest BCUT2D eigenvalue weighted by Gasteiger charge is -2.17. The zero-order valence-electron chi connectivity index (χ0n) is 12.3. The fraction of sp³-hybridized carbons (Fsp3) is 0.412. The van der Waals surface area contributed by atoms with Crippen molar-refractivity contribution in [3.8, 4) is 0 Å². The number of furan rings is 1. The summed E-state index contributed by atoms with van der Waals surface area (Å²) >= 11 is 0. The number of benzene rings is 1. The van der Waals surface area contributed by atoms with Gasteiger partial charge in [-0.2, -0.15) is 0 Å². The van der Waals surface area contributed by atoms with Crippen molar-refractivity contribution in [3.05, 3.63) is 58.5 Å². The van der Waals surface area contributed by atoms with E-state index >= 15 is 0 Å². The van der Waals surface area contributed by atoms with Crippen LogP contribution in [0, 0.1) is 13.8 Å². The summed E-state index contributed by atoms with van der Waals surface area (Å²) in [6, 6.07) is 11.0. The zero-order valence-corrected chi connectivity index (χ0v) is 12.3. The molecule has 0 amide bonds. The normalized spacial score (nSPS) is 12.6. The van der Waals surface area contributed by atoms with Gasteiger partial charge in [-0.05, 0) is 38.1 Å². The fourth-order valence-electron chi connectivity index (χ4n) is 2.50. The Hall–Kier alpha value is -1.54. The minimum atomic E-state index is 0.142. The monoisotopic (exact) mass is 257 g/mol. The van der Waals surface area contributed by atoms with E-state index in [-0.39, 0.29) is 6.04 Å². The van der Waals surface area contributed by atoms with Crippen LogP contribution in [-0.2, 0) is 6.42 Å². The molecule has 0 aliphatic carbocycles. The van der Waals surface area contributed by atoms with Crippen LogP contribution < -0.4 is 5.32 Å². The van der Waals surface area contributed by atoms with Gasteiger partial charge in [0, 0.05) is 6.42 Å². The number of hydrogen-bond donors (Lipinski definition) is 1. The Kier molecular flexibility index (Phi) is 4.43. The third-order valence-corrected chi connectivity index (χ3v) is 3.30. The van der Waals surface area contributed by atoms with Crippen molar-refractivity contribution in [2.75, 3.05) is 6.54 Å². The molecule has 0 aliphatic rings. The first-order chi connectivity index (χ1) is 9.13. The van der Waals surface area contributed by atoms with Crippen LogP contribution in [0.4, 0.5) is 0 Å². The second-order valence-electron chi connectivity index (χ2n) is 5.07. The summed E-state index contributed by atoms with van der Waals surface area (Å²) in [6.07, 6.45) is 0.936. The third-order valence-electron chi connectivity index (χ3n) is 3.30. The van der Waals surface area contributed by atoms with Crippen LogP contribution >= 0.6 is 0 Å². The molecule has 0 fully saturated rings. The lowest BCUT2D eigenvalue weighted by atomic mass is 9.99. The molecule has 19 heavy (non-hydrogen) atoms. The first kappa shape index (κ1) is 13.9. The maximum atomic E-state index is 5.92. The maximum Gasteiger partial charge on any atom is 0.125 e. The molecule has 0 bridgehead atoms. The van der Waals surface area contributed by atoms with Gasteiger partial charge in [-0.3, -0.25) is 0 Å². The molecule has 0 saturated heterocycles. The van der Waals surface area contributed by atoms with Gasteiger partial charge < -0.3 is 9.73 Å². The summed E-state index contributed by atoms with van der Waals surface area (Å²) in [5.74, 6) is 2.05. The minimum absolute atomic E-state index is 0.142. The molecule has 1 atom stereocenters. The first-order valence-corrected chi connectivity index (χ1v) is 7.04. The average Bonchev–Trinajstić information content (AvgIpc) is 2.83. The minimum Gasteiger partial charge on any atom is -0.464 e. The summed E-state index contributed by atoms with van der Waals surface area (Å²) in [4.78, 5) is 0. The number of rotatable bonds is 5. The van der Waals surface area contributed by atoms with Crippen LogP contribution in [0.5, 0.6) is 0 Å². The van der Waals surface area contributed by atoms with Gasteiger partial charge in [0.25, 0.3) is 0 Å². The summed E-state index contributed by atoms with van der Waals surface area (Å²) in [5, 5.41) is 3.51. The molecule has 1 N–H and O–H groups in total. The van der Waals surface area contributed by atoms with Crippen LogP contribution in [0.2, 0.25) is 0 Å². The van der Waals surface area contributed by atoms with Crippen molar-refractivity contribution in [2.45, 2.75) is 40.2 Å². The van der Waals surface area contributed by atoms with E-state index in [9.17, 15) is 0 Å². The fourth-order valence-corrected chi connectivity index (χ4v) is 2.50. The number of nitrogens with one attached hydrogen (secondary N) is 1. The van der Waals surface area contributed by atoms with E-state index in [4.69, 9.17) is 4.42 Å². The SMILES string of the molecule is CCNC(c1cc(C)cc(C)c1)c1ccc(CC)o1. The molecule has 1 unspecified atom stereocenters. The predicted octanol–water partition coefficient (Wildman–Crippen LogP) is 4.16. The largest absolute Gasteiger partial charge is 0.464 e. The highest BCUT2D eigenvalue weighted by atomic mass is 16.3. The van der Waals surface area contributed by atoms with Crippen molar-refractivity contribution in [1.29, 1.82) is 0 Å². The first-order valence-electron chi connectivity index (χ1n) is 7.04. The second-order valence-corrected chi connectivity index (χ2v) is 5.07. The second kappa shape index (κ2) is 6.07. The van der Waals surface area contributed by atoms with Gasteiger partial charge in [-0.1, -0.05) is 43.2 Å². The van der Waals surface area contributed by atoms with Gasteiger partial charge in [0.1, 0.15) is 11.5 Å². The topological polar surface area (TPSA) is 25.2 Å². The van der Waals surface area contributed by atoms with Crippen molar-refractivity contribution in [3.63, 3.8) is 0 Å². The van der Waals surface area contributed by atoms with Gasteiger partial charge in [0.15, 0.2) is 0 Å². The van der Waals surface area contributed by atoms with Gasteiger partial charge in [-0.15, -0.1) is 0 Å². The molecule has 2 rings (SSSR count). The highest BCUT2D eigenvalue weighted by Crippen LogP contribution is 2.26. The Balaban J connectivity index is 2.38. The molecule has 1 heterocycles. The molecule has 2 aromatic rings. The van der Waals surface area contributed by atoms with E-state index in [1.807, 2.05) is 0 Å². The van der Waals surface area contributed by atoms with E-state index in [0.29, 0.717) is 0 Å². The highest BCUT2D eigenvalue weighted by Gasteiger charge is 2.17. The summed E-state index contributed by atoms with van der Waals surface area (Å²) in [5.41, 5.74) is 3.86. The van der Waals surface area contributed by atoms with E-state index in [0.717, 1.165) is 24.5 Å². The lowest BCUT2D eigenvalue weighted by molar-refractivity contribution is 0.425. The van der Waals surface area contributed by atoms with Crippen molar-refractivity contribution in [2.24, 2.45) is 0 Å². The van der Waals surface area contributed by atoms with Gasteiger partial charge in [0.05, 0.1) is 6.04 Å². The Bertz CT molecular complexity index is 522. The van der Waals surface area contributed by atoms with E-state index in [1.165, 1.54) is 16.7 Å². The van der Waals surface area contributed by atoms with Crippen LogP contribution in [0.3, 0.4) is 0 Å². The Morgan fingerprint density at radius 2 is 1.74 bits per heavy atom. The number of aryl methyl sites for hydroxylation is 3. The lowest BCUT2D eigenvalue weighted by Crippen LogP contribution is -2.21. The van der Waals surface area contributed by atoms with Crippen molar-refractivity contribution in [1.82, 2.24) is 5.32 Å². The predicted molar refractivity (Wildman–Crippen MR) is 79.5 cm³/mol. The van der Waals surface area contributed by atoms with E-state index < -0.39 is 0 Å². The summed E-state index contributed by atoms with van der Waals surface area (Å²) in [6.45, 7) is 9.43. The van der Waals surface area contributed by atoms with Crippen LogP contribution in [-0.4, -0.2) is 6.54 Å². The van der Waals surface area contributed by atoms with E-state index in [2.05, 4.69) is 63.3 Å². The molecule has 102 valence electrons. The number of hydrogen-bond acceptors (Lipinski definition) is 2. The van der Waals surface area contributed by atoms with Crippen LogP contribution in [0.25, 0.3) is 0 Å². The Labute approximate surface area is 115 Å². The Morgan fingerprint density at radius 1 is 1.05 bits per heavy atom. The molecular weight excluding hydrogens is 234 g/mol. The molecule has 1 aromatic carbocycles. The van der Waals surface area contributed by atoms with Gasteiger partial charge >= 0.3 is 0 Å². The molecule has 0 aliphatic heterocycles. The van der Waals surface area contributed by atoms with Crippen molar-refractivity contribution < 1.29 is 4.42 Å². The van der Waals surface area contributed by atoms with Gasteiger partial charge in [0.2, 0.25) is 0 Å². The van der Waals surface area contributed by atoms with Crippen LogP contribution in [0.1, 0.15) is 48.1 Å². The molecule has 0 radical (unpaired) electrons. The standard InChI is InChI=1S/C17H23NO/c1-5-15-7-8-16(19-15)17(18-6-2)14-10-12(3)9-13(4)11-14/h7-11,17-18H,5-6H2,1-4H3. The average molecular weight is 257 g/mol.